The first-order chi connectivity index (χ1) is 10.8. The van der Waals surface area contributed by atoms with Gasteiger partial charge in [0.1, 0.15) is 23.8 Å². The Morgan fingerprint density at radius 1 is 0.955 bits per heavy atom. The summed E-state index contributed by atoms with van der Waals surface area (Å²) in [6, 6.07) is 17.5. The van der Waals surface area contributed by atoms with E-state index in [0.29, 0.717) is 13.2 Å². The van der Waals surface area contributed by atoms with E-state index < -0.39 is 0 Å². The van der Waals surface area contributed by atoms with Crippen LogP contribution in [-0.2, 0) is 6.54 Å². The standard InChI is InChI=1S/C17H17N3O2/c1-21-15-9-7-14(8-10-15)17-13-20(19-18-17)11-12-22-16-5-3-2-4-6-16/h2-10,13H,11-12H2,1H3. The van der Waals surface area contributed by atoms with Crippen molar-refractivity contribution in [2.75, 3.05) is 13.7 Å². The summed E-state index contributed by atoms with van der Waals surface area (Å²) >= 11 is 0. The molecule has 0 aliphatic carbocycles. The third-order valence-corrected chi connectivity index (χ3v) is 3.26. The van der Waals surface area contributed by atoms with Gasteiger partial charge in [0.15, 0.2) is 0 Å². The Hall–Kier alpha value is -2.82. The highest BCUT2D eigenvalue weighted by Gasteiger charge is 2.04. The number of hydrogen-bond donors (Lipinski definition) is 0. The Bertz CT molecular complexity index is 708. The van der Waals surface area contributed by atoms with Crippen LogP contribution in [0.15, 0.2) is 60.8 Å². The van der Waals surface area contributed by atoms with Crippen LogP contribution in [0.25, 0.3) is 11.3 Å². The average molecular weight is 295 g/mol. The summed E-state index contributed by atoms with van der Waals surface area (Å²) in [7, 11) is 1.65. The Morgan fingerprint density at radius 2 is 1.73 bits per heavy atom. The lowest BCUT2D eigenvalue weighted by Crippen LogP contribution is -2.08. The molecule has 0 atom stereocenters. The van der Waals surface area contributed by atoms with Gasteiger partial charge in [-0.1, -0.05) is 23.4 Å². The van der Waals surface area contributed by atoms with Crippen molar-refractivity contribution in [3.8, 4) is 22.8 Å². The van der Waals surface area contributed by atoms with E-state index in [2.05, 4.69) is 10.3 Å². The van der Waals surface area contributed by atoms with E-state index in [9.17, 15) is 0 Å². The van der Waals surface area contributed by atoms with Gasteiger partial charge < -0.3 is 9.47 Å². The minimum Gasteiger partial charge on any atom is -0.497 e. The van der Waals surface area contributed by atoms with E-state index in [1.165, 1.54) is 0 Å². The number of methoxy groups -OCH3 is 1. The van der Waals surface area contributed by atoms with Crippen molar-refractivity contribution in [1.82, 2.24) is 15.0 Å². The Labute approximate surface area is 129 Å². The minimum absolute atomic E-state index is 0.551. The lowest BCUT2D eigenvalue weighted by atomic mass is 10.2. The monoisotopic (exact) mass is 295 g/mol. The Kier molecular flexibility index (Phi) is 4.34. The molecule has 1 heterocycles. The molecule has 112 valence electrons. The van der Waals surface area contributed by atoms with Crippen molar-refractivity contribution < 1.29 is 9.47 Å². The van der Waals surface area contributed by atoms with Crippen LogP contribution in [0.2, 0.25) is 0 Å². The quantitative estimate of drug-likeness (QED) is 0.701. The molecule has 22 heavy (non-hydrogen) atoms. The van der Waals surface area contributed by atoms with E-state index in [4.69, 9.17) is 9.47 Å². The second-order valence-electron chi connectivity index (χ2n) is 4.76. The van der Waals surface area contributed by atoms with Gasteiger partial charge in [-0.05, 0) is 36.4 Å². The molecule has 0 saturated carbocycles. The van der Waals surface area contributed by atoms with Gasteiger partial charge in [-0.15, -0.1) is 5.10 Å². The molecule has 5 nitrogen and oxygen atoms in total. The van der Waals surface area contributed by atoms with Crippen LogP contribution >= 0.6 is 0 Å². The second kappa shape index (κ2) is 6.76. The second-order valence-corrected chi connectivity index (χ2v) is 4.76. The van der Waals surface area contributed by atoms with Gasteiger partial charge in [-0.25, -0.2) is 4.68 Å². The van der Waals surface area contributed by atoms with Crippen LogP contribution < -0.4 is 9.47 Å². The normalized spacial score (nSPS) is 10.4. The maximum atomic E-state index is 5.65. The number of benzene rings is 2. The molecule has 3 aromatic rings. The van der Waals surface area contributed by atoms with Crippen molar-refractivity contribution in [2.24, 2.45) is 0 Å². The third-order valence-electron chi connectivity index (χ3n) is 3.26. The highest BCUT2D eigenvalue weighted by Crippen LogP contribution is 2.19. The van der Waals surface area contributed by atoms with Gasteiger partial charge in [0, 0.05) is 5.56 Å². The van der Waals surface area contributed by atoms with Crippen LogP contribution in [-0.4, -0.2) is 28.7 Å². The topological polar surface area (TPSA) is 49.2 Å². The van der Waals surface area contributed by atoms with Crippen molar-refractivity contribution >= 4 is 0 Å². The molecule has 0 radical (unpaired) electrons. The van der Waals surface area contributed by atoms with E-state index in [1.807, 2.05) is 60.8 Å². The smallest absolute Gasteiger partial charge is 0.119 e. The van der Waals surface area contributed by atoms with Crippen molar-refractivity contribution in [3.05, 3.63) is 60.8 Å². The molecule has 0 fully saturated rings. The highest BCUT2D eigenvalue weighted by atomic mass is 16.5. The number of para-hydroxylation sites is 1. The van der Waals surface area contributed by atoms with Crippen LogP contribution in [0.4, 0.5) is 0 Å². The SMILES string of the molecule is COc1ccc(-c2cn(CCOc3ccccc3)nn2)cc1. The Balaban J connectivity index is 1.58. The molecule has 0 spiro atoms. The summed E-state index contributed by atoms with van der Waals surface area (Å²) in [5, 5.41) is 8.31. The van der Waals surface area contributed by atoms with Crippen molar-refractivity contribution in [2.45, 2.75) is 6.54 Å². The van der Waals surface area contributed by atoms with E-state index in [0.717, 1.165) is 22.8 Å². The first-order valence-electron chi connectivity index (χ1n) is 7.07. The zero-order valence-corrected chi connectivity index (χ0v) is 12.3. The Morgan fingerprint density at radius 3 is 2.45 bits per heavy atom. The molecular weight excluding hydrogens is 278 g/mol. The molecule has 0 aliphatic heterocycles. The average Bonchev–Trinajstić information content (AvgIpc) is 3.05. The third kappa shape index (κ3) is 3.44. The summed E-state index contributed by atoms with van der Waals surface area (Å²) in [4.78, 5) is 0. The summed E-state index contributed by atoms with van der Waals surface area (Å²) in [6.07, 6.45) is 1.91. The summed E-state index contributed by atoms with van der Waals surface area (Å²) in [5.41, 5.74) is 1.85. The first kappa shape index (κ1) is 14.1. The van der Waals surface area contributed by atoms with Crippen LogP contribution in [0.1, 0.15) is 0 Å². The van der Waals surface area contributed by atoms with Crippen LogP contribution in [0.5, 0.6) is 11.5 Å². The van der Waals surface area contributed by atoms with Gasteiger partial charge in [0.05, 0.1) is 19.9 Å². The van der Waals surface area contributed by atoms with Gasteiger partial charge in [0.2, 0.25) is 0 Å². The molecule has 5 heteroatoms. The van der Waals surface area contributed by atoms with Crippen molar-refractivity contribution in [3.63, 3.8) is 0 Å². The number of rotatable bonds is 6. The fraction of sp³-hybridized carbons (Fsp3) is 0.176. The summed E-state index contributed by atoms with van der Waals surface area (Å²) in [5.74, 6) is 1.69. The zero-order chi connectivity index (χ0) is 15.2. The predicted octanol–water partition coefficient (Wildman–Crippen LogP) is 3.03. The molecule has 0 amide bonds. The largest absolute Gasteiger partial charge is 0.497 e. The lowest BCUT2D eigenvalue weighted by molar-refractivity contribution is 0.289. The van der Waals surface area contributed by atoms with E-state index in [-0.39, 0.29) is 0 Å². The van der Waals surface area contributed by atoms with Gasteiger partial charge in [0.25, 0.3) is 0 Å². The van der Waals surface area contributed by atoms with Gasteiger partial charge in [-0.3, -0.25) is 0 Å². The van der Waals surface area contributed by atoms with Gasteiger partial charge in [-0.2, -0.15) is 0 Å². The molecule has 0 saturated heterocycles. The number of nitrogens with zero attached hydrogens (tertiary/aromatic N) is 3. The fourth-order valence-corrected chi connectivity index (χ4v) is 2.08. The maximum absolute atomic E-state index is 5.65. The molecule has 0 bridgehead atoms. The van der Waals surface area contributed by atoms with Crippen molar-refractivity contribution in [1.29, 1.82) is 0 Å². The maximum Gasteiger partial charge on any atom is 0.119 e. The number of hydrogen-bond acceptors (Lipinski definition) is 4. The summed E-state index contributed by atoms with van der Waals surface area (Å²) < 4.78 is 12.6. The highest BCUT2D eigenvalue weighted by molar-refractivity contribution is 5.58. The minimum atomic E-state index is 0.551. The molecule has 1 aromatic heterocycles. The first-order valence-corrected chi connectivity index (χ1v) is 7.07. The van der Waals surface area contributed by atoms with Gasteiger partial charge >= 0.3 is 0 Å². The molecule has 0 N–H and O–H groups in total. The summed E-state index contributed by atoms with van der Waals surface area (Å²) in [6.45, 7) is 1.20. The predicted molar refractivity (Wildman–Crippen MR) is 83.9 cm³/mol. The fourth-order valence-electron chi connectivity index (χ4n) is 2.08. The molecule has 0 unspecified atom stereocenters. The lowest BCUT2D eigenvalue weighted by Gasteiger charge is -2.05. The molecular formula is C17H17N3O2. The molecule has 2 aromatic carbocycles. The van der Waals surface area contributed by atoms with Crippen LogP contribution in [0.3, 0.4) is 0 Å². The van der Waals surface area contributed by atoms with E-state index in [1.54, 1.807) is 11.8 Å². The number of ether oxygens (including phenoxy) is 2. The van der Waals surface area contributed by atoms with E-state index >= 15 is 0 Å². The zero-order valence-electron chi connectivity index (χ0n) is 12.3. The van der Waals surface area contributed by atoms with Crippen LogP contribution in [0, 0.1) is 0 Å². The molecule has 0 aliphatic rings. The molecule has 3 rings (SSSR count). The number of aromatic nitrogens is 3.